The number of nitrogens with one attached hydrogen (secondary N) is 1. The van der Waals surface area contributed by atoms with Gasteiger partial charge < -0.3 is 9.72 Å². The van der Waals surface area contributed by atoms with E-state index in [2.05, 4.69) is 10.3 Å². The lowest BCUT2D eigenvalue weighted by Crippen LogP contribution is -2.01. The summed E-state index contributed by atoms with van der Waals surface area (Å²) in [6.07, 6.45) is 5.53. The molecular weight excluding hydrogens is 320 g/mol. The molecule has 0 aliphatic rings. The molecule has 4 rings (SSSR count). The molecule has 1 N–H and O–H groups in total. The molecule has 2 heterocycles. The number of hydrogen-bond donors (Lipinski definition) is 1. The van der Waals surface area contributed by atoms with Crippen LogP contribution >= 0.6 is 11.6 Å². The number of aryl methyl sites for hydroxylation is 1. The second-order valence-corrected chi connectivity index (χ2v) is 5.99. The Kier molecular flexibility index (Phi) is 3.67. The molecule has 0 aliphatic heterocycles. The highest BCUT2D eigenvalue weighted by Crippen LogP contribution is 2.31. The normalized spacial score (nSPS) is 10.9. The van der Waals surface area contributed by atoms with Gasteiger partial charge in [0.05, 0.1) is 28.9 Å². The van der Waals surface area contributed by atoms with Crippen molar-refractivity contribution < 1.29 is 0 Å². The number of imidazole rings is 1. The Labute approximate surface area is 144 Å². The molecule has 4 aromatic rings. The van der Waals surface area contributed by atoms with Crippen molar-refractivity contribution in [3.05, 3.63) is 77.8 Å². The van der Waals surface area contributed by atoms with E-state index in [0.29, 0.717) is 5.02 Å². The topological polar surface area (TPSA) is 42.2 Å². The van der Waals surface area contributed by atoms with E-state index in [1.807, 2.05) is 66.1 Å². The summed E-state index contributed by atoms with van der Waals surface area (Å²) in [5, 5.41) is 4.04. The lowest BCUT2D eigenvalue weighted by molar-refractivity contribution is 1.12. The smallest absolute Gasteiger partial charge is 0.157 e. The Morgan fingerprint density at radius 1 is 1.04 bits per heavy atom. The number of halogens is 1. The van der Waals surface area contributed by atoms with E-state index < -0.39 is 0 Å². The molecule has 0 amide bonds. The van der Waals surface area contributed by atoms with Crippen LogP contribution in [-0.4, -0.2) is 14.4 Å². The van der Waals surface area contributed by atoms with Gasteiger partial charge in [-0.25, -0.2) is 9.97 Å². The highest BCUT2D eigenvalue weighted by Gasteiger charge is 2.11. The third-order valence-electron chi connectivity index (χ3n) is 3.94. The van der Waals surface area contributed by atoms with Crippen LogP contribution in [0.15, 0.2) is 67.3 Å². The second kappa shape index (κ2) is 5.98. The van der Waals surface area contributed by atoms with Crippen molar-refractivity contribution in [3.8, 4) is 11.3 Å². The minimum absolute atomic E-state index is 0.666. The number of anilines is 2. The summed E-state index contributed by atoms with van der Waals surface area (Å²) in [5.74, 6) is 0.727. The summed E-state index contributed by atoms with van der Waals surface area (Å²) < 4.78 is 1.96. The van der Waals surface area contributed by atoms with E-state index in [1.54, 1.807) is 12.5 Å². The van der Waals surface area contributed by atoms with Gasteiger partial charge in [0.2, 0.25) is 0 Å². The Hall–Kier alpha value is -2.85. The Bertz CT molecular complexity index is 988. The predicted octanol–water partition coefficient (Wildman–Crippen LogP) is 5.10. The molecule has 0 spiro atoms. The first-order valence-corrected chi connectivity index (χ1v) is 8.00. The fourth-order valence-electron chi connectivity index (χ4n) is 2.68. The van der Waals surface area contributed by atoms with Gasteiger partial charge in [0.1, 0.15) is 5.52 Å². The molecule has 4 nitrogen and oxygen atoms in total. The Morgan fingerprint density at radius 3 is 2.67 bits per heavy atom. The number of benzene rings is 2. The molecule has 0 aliphatic carbocycles. The molecule has 0 fully saturated rings. The lowest BCUT2D eigenvalue weighted by atomic mass is 10.1. The van der Waals surface area contributed by atoms with Gasteiger partial charge in [-0.05, 0) is 18.6 Å². The van der Waals surface area contributed by atoms with E-state index in [4.69, 9.17) is 16.6 Å². The van der Waals surface area contributed by atoms with Crippen molar-refractivity contribution in [3.63, 3.8) is 0 Å². The van der Waals surface area contributed by atoms with E-state index in [0.717, 1.165) is 33.8 Å². The van der Waals surface area contributed by atoms with Crippen molar-refractivity contribution in [1.82, 2.24) is 14.4 Å². The number of para-hydroxylation sites is 1. The zero-order valence-corrected chi connectivity index (χ0v) is 13.8. The largest absolute Gasteiger partial charge is 0.337 e. The average Bonchev–Trinajstić information content (AvgIpc) is 3.07. The SMILES string of the molecule is Cc1cccc(Cl)c1Nc1nc(-c2ccccc2)cn2cncc12. The van der Waals surface area contributed by atoms with Gasteiger partial charge in [-0.15, -0.1) is 0 Å². The first kappa shape index (κ1) is 14.7. The first-order valence-electron chi connectivity index (χ1n) is 7.62. The molecule has 118 valence electrons. The molecule has 2 aromatic carbocycles. The number of nitrogens with zero attached hydrogens (tertiary/aromatic N) is 3. The maximum atomic E-state index is 6.35. The summed E-state index contributed by atoms with van der Waals surface area (Å²) in [7, 11) is 0. The first-order chi connectivity index (χ1) is 11.7. The average molecular weight is 335 g/mol. The molecule has 0 atom stereocenters. The van der Waals surface area contributed by atoms with Gasteiger partial charge in [0.25, 0.3) is 0 Å². The van der Waals surface area contributed by atoms with Crippen molar-refractivity contribution in [2.24, 2.45) is 0 Å². The van der Waals surface area contributed by atoms with Gasteiger partial charge in [0, 0.05) is 11.8 Å². The summed E-state index contributed by atoms with van der Waals surface area (Å²) in [6, 6.07) is 15.9. The van der Waals surface area contributed by atoms with Crippen LogP contribution in [0.4, 0.5) is 11.5 Å². The zero-order valence-electron chi connectivity index (χ0n) is 13.1. The highest BCUT2D eigenvalue weighted by atomic mass is 35.5. The molecule has 5 heteroatoms. The maximum Gasteiger partial charge on any atom is 0.157 e. The van der Waals surface area contributed by atoms with Gasteiger partial charge in [-0.3, -0.25) is 0 Å². The predicted molar refractivity (Wildman–Crippen MR) is 97.9 cm³/mol. The van der Waals surface area contributed by atoms with Crippen LogP contribution in [0.1, 0.15) is 5.56 Å². The van der Waals surface area contributed by atoms with Gasteiger partial charge >= 0.3 is 0 Å². The van der Waals surface area contributed by atoms with E-state index >= 15 is 0 Å². The summed E-state index contributed by atoms with van der Waals surface area (Å²) in [4.78, 5) is 9.02. The summed E-state index contributed by atoms with van der Waals surface area (Å²) >= 11 is 6.35. The highest BCUT2D eigenvalue weighted by molar-refractivity contribution is 6.33. The number of fused-ring (bicyclic) bond motifs is 1. The molecule has 0 bridgehead atoms. The molecule has 0 radical (unpaired) electrons. The van der Waals surface area contributed by atoms with E-state index in [1.165, 1.54) is 0 Å². The lowest BCUT2D eigenvalue weighted by Gasteiger charge is -2.13. The van der Waals surface area contributed by atoms with E-state index in [-0.39, 0.29) is 0 Å². The van der Waals surface area contributed by atoms with Gasteiger partial charge in [-0.2, -0.15) is 0 Å². The van der Waals surface area contributed by atoms with Gasteiger partial charge in [-0.1, -0.05) is 54.1 Å². The van der Waals surface area contributed by atoms with Gasteiger partial charge in [0.15, 0.2) is 5.82 Å². The van der Waals surface area contributed by atoms with E-state index in [9.17, 15) is 0 Å². The number of hydrogen-bond acceptors (Lipinski definition) is 3. The minimum Gasteiger partial charge on any atom is -0.337 e. The maximum absolute atomic E-state index is 6.35. The third kappa shape index (κ3) is 2.61. The molecular formula is C19H15ClN4. The fourth-order valence-corrected chi connectivity index (χ4v) is 2.95. The number of rotatable bonds is 3. The van der Waals surface area contributed by atoms with Crippen LogP contribution in [0.25, 0.3) is 16.8 Å². The monoisotopic (exact) mass is 334 g/mol. The van der Waals surface area contributed by atoms with Crippen molar-refractivity contribution in [2.45, 2.75) is 6.92 Å². The molecule has 0 saturated heterocycles. The van der Waals surface area contributed by atoms with Crippen LogP contribution < -0.4 is 5.32 Å². The summed E-state index contributed by atoms with van der Waals surface area (Å²) in [6.45, 7) is 2.02. The Morgan fingerprint density at radius 2 is 1.88 bits per heavy atom. The molecule has 0 unspecified atom stereocenters. The Balaban J connectivity index is 1.87. The minimum atomic E-state index is 0.666. The summed E-state index contributed by atoms with van der Waals surface area (Å²) in [5.41, 5.74) is 4.74. The van der Waals surface area contributed by atoms with Crippen LogP contribution in [0.2, 0.25) is 5.02 Å². The quantitative estimate of drug-likeness (QED) is 0.566. The van der Waals surface area contributed by atoms with Crippen molar-refractivity contribution >= 4 is 28.6 Å². The second-order valence-electron chi connectivity index (χ2n) is 5.58. The molecule has 24 heavy (non-hydrogen) atoms. The van der Waals surface area contributed by atoms with Crippen molar-refractivity contribution in [1.29, 1.82) is 0 Å². The standard InChI is InChI=1S/C19H15ClN4/c1-13-6-5-9-15(20)18(13)23-19-17-10-21-12-24(17)11-16(22-19)14-7-3-2-4-8-14/h2-12H,1H3,(H,22,23). The van der Waals surface area contributed by atoms with Crippen molar-refractivity contribution in [2.75, 3.05) is 5.32 Å². The fraction of sp³-hybridized carbons (Fsp3) is 0.0526. The van der Waals surface area contributed by atoms with Crippen LogP contribution in [-0.2, 0) is 0 Å². The van der Waals surface area contributed by atoms with Crippen LogP contribution in [0.5, 0.6) is 0 Å². The molecule has 0 saturated carbocycles. The van der Waals surface area contributed by atoms with Crippen LogP contribution in [0.3, 0.4) is 0 Å². The number of aromatic nitrogens is 3. The molecule has 2 aromatic heterocycles. The zero-order chi connectivity index (χ0) is 16.5. The van der Waals surface area contributed by atoms with Crippen LogP contribution in [0, 0.1) is 6.92 Å². The third-order valence-corrected chi connectivity index (χ3v) is 4.25.